The maximum atomic E-state index is 15.5. The predicted molar refractivity (Wildman–Crippen MR) is 412 cm³/mol. The highest BCUT2D eigenvalue weighted by atomic mass is 32.2. The number of phenolic OH excluding ortho intramolecular Hbond substituents is 1. The number of fused-ring (bicyclic) bond motifs is 3. The van der Waals surface area contributed by atoms with Gasteiger partial charge in [-0.25, -0.2) is 0 Å². The van der Waals surface area contributed by atoms with Crippen molar-refractivity contribution in [2.24, 2.45) is 51.8 Å². The molecule has 13 N–H and O–H groups in total. The van der Waals surface area contributed by atoms with Crippen molar-refractivity contribution in [1.29, 1.82) is 0 Å². The van der Waals surface area contributed by atoms with E-state index in [1.165, 1.54) is 41.3 Å². The Bertz CT molecular complexity index is 4090. The van der Waals surface area contributed by atoms with Crippen LogP contribution in [0.25, 0.3) is 16.5 Å². The summed E-state index contributed by atoms with van der Waals surface area (Å²) in [5.41, 5.74) is 26.6. The van der Waals surface area contributed by atoms with Crippen LogP contribution in [0.5, 0.6) is 5.75 Å². The summed E-state index contributed by atoms with van der Waals surface area (Å²) >= 11 is 0. The third-order valence-electron chi connectivity index (χ3n) is 22.0. The molecular weight excluding hydrogens is 1360 g/mol. The highest BCUT2D eigenvalue weighted by Crippen LogP contribution is 2.49. The van der Waals surface area contributed by atoms with E-state index in [4.69, 9.17) is 17.2 Å². The normalized spacial score (nSPS) is 25.1. The Balaban J connectivity index is 0.965. The molecule has 23 heteroatoms. The first kappa shape index (κ1) is 79.7. The Morgan fingerprint density at radius 2 is 1.33 bits per heavy atom. The number of carbonyl (C=O) groups is 8. The molecule has 13 atom stereocenters. The van der Waals surface area contributed by atoms with Gasteiger partial charge in [-0.3, -0.25) is 52.5 Å². The number of likely N-dealkylation sites (N-methyl/N-ethyl adjacent to an activating group) is 1. The lowest BCUT2D eigenvalue weighted by atomic mass is 9.70. The van der Waals surface area contributed by atoms with Gasteiger partial charge in [0.2, 0.25) is 17.7 Å². The third-order valence-corrected chi connectivity index (χ3v) is 23.5. The fourth-order valence-corrected chi connectivity index (χ4v) is 17.5. The van der Waals surface area contributed by atoms with Crippen molar-refractivity contribution < 1.29 is 52.8 Å². The number of carbonyl (C=O) groups excluding carboxylic acids is 8. The zero-order chi connectivity index (χ0) is 75.2. The number of ketones is 5. The van der Waals surface area contributed by atoms with Crippen LogP contribution in [0, 0.1) is 29.6 Å². The van der Waals surface area contributed by atoms with Crippen molar-refractivity contribution in [3.05, 3.63) is 173 Å². The van der Waals surface area contributed by atoms with E-state index < -0.39 is 113 Å². The number of pyridine rings is 1. The van der Waals surface area contributed by atoms with Crippen molar-refractivity contribution in [3.8, 4) is 5.75 Å². The molecule has 22 nitrogen and oxygen atoms in total. The highest BCUT2D eigenvalue weighted by Gasteiger charge is 2.43. The van der Waals surface area contributed by atoms with Gasteiger partial charge >= 0.3 is 0 Å². The molecule has 6 aromatic rings. The number of allylic oxidation sites excluding steroid dienone is 1. The highest BCUT2D eigenvalue weighted by molar-refractivity contribution is 7.85. The van der Waals surface area contributed by atoms with Crippen LogP contribution in [0.4, 0.5) is 0 Å². The molecule has 2 aromatic heterocycles. The number of amides is 3. The fourth-order valence-electron chi connectivity index (χ4n) is 16.2. The van der Waals surface area contributed by atoms with Gasteiger partial charge in [0.05, 0.1) is 24.2 Å². The second-order valence-electron chi connectivity index (χ2n) is 29.9. The van der Waals surface area contributed by atoms with Crippen LogP contribution in [0.15, 0.2) is 139 Å². The number of aromatic nitrogens is 2. The van der Waals surface area contributed by atoms with Crippen LogP contribution in [-0.2, 0) is 81.3 Å². The molecule has 566 valence electrons. The number of nitrogens with two attached hydrogens (primary N) is 3. The van der Waals surface area contributed by atoms with Crippen molar-refractivity contribution in [2.45, 2.75) is 184 Å². The molecule has 3 amide bonds. The molecule has 0 saturated carbocycles. The standard InChI is InChI=1S/C83H107N11O11S/c1-52(95)79-77(101)47-61(39-54-25-29-64(96)30-26-54)73(97)24-8-4-7-23-69(88-37-38-106(105)51-56-41-67-66-21-13-18-57-27-28-58(78(57)66)44-72(67)94(2)50-56)74(98)45-60(19-14-34-89-83(85)86)80(102)91-70(42-53-15-5-3-6-16-53)76(100)48-62(40-55-31-35-87-36-32-55)82(104)92-71(43-63-49-90-68-22-10-9-20-65(63)68)75(99)46-59(81(103)93-79)17-11-12-33-84/h3,5-6,9-10,13,15-16,18,20-22,25-26,28-32,35-36,49,52,56,59-62,67,69-72,79,88,90,95-96H,4,7-8,11-12,14,17,19,23-24,27,33-34,37-48,50-51,84H2,1-2H3,(H,91,102)(H,92,104)(H,93,103)(H4,85,86,89)/t52-,56-,59-,60-,61-,62-,67-,69-,70+,71-,72-,79+,106?/m1/s1. The van der Waals surface area contributed by atoms with E-state index in [1.54, 1.807) is 42.9 Å². The monoisotopic (exact) mass is 1470 g/mol. The number of guanidine groups is 1. The van der Waals surface area contributed by atoms with Gasteiger partial charge in [0.1, 0.15) is 17.6 Å². The van der Waals surface area contributed by atoms with Gasteiger partial charge in [0.25, 0.3) is 0 Å². The summed E-state index contributed by atoms with van der Waals surface area (Å²) in [6.45, 7) is 2.86. The van der Waals surface area contributed by atoms with Crippen molar-refractivity contribution in [2.75, 3.05) is 44.7 Å². The summed E-state index contributed by atoms with van der Waals surface area (Å²) in [6.07, 6.45) is 10.5. The molecule has 4 aliphatic rings. The molecule has 2 fully saturated rings. The number of aliphatic hydroxyl groups is 1. The van der Waals surface area contributed by atoms with Crippen LogP contribution in [-0.4, -0.2) is 163 Å². The maximum Gasteiger partial charge on any atom is 0.224 e. The number of nitrogens with zero attached hydrogens (tertiary/aromatic N) is 3. The molecule has 2 aliphatic carbocycles. The van der Waals surface area contributed by atoms with Crippen LogP contribution in [0.1, 0.15) is 155 Å². The number of H-pyrrole nitrogens is 1. The van der Waals surface area contributed by atoms with Crippen LogP contribution < -0.4 is 38.5 Å². The number of rotatable bonds is 23. The summed E-state index contributed by atoms with van der Waals surface area (Å²) in [5.74, 6) is -7.09. The number of hydrogen-bond acceptors (Lipinski definition) is 16. The Morgan fingerprint density at radius 1 is 0.679 bits per heavy atom. The summed E-state index contributed by atoms with van der Waals surface area (Å²) in [5, 5.41) is 34.7. The number of nitrogens with one attached hydrogen (secondary N) is 5. The van der Waals surface area contributed by atoms with E-state index in [-0.39, 0.29) is 106 Å². The number of likely N-dealkylation sites (tertiary alicyclic amines) is 1. The molecule has 0 bridgehead atoms. The number of benzene rings is 4. The number of para-hydroxylation sites is 1. The molecule has 0 spiro atoms. The Kier molecular flexibility index (Phi) is 29.4. The molecule has 4 aromatic carbocycles. The number of aliphatic imine (C=N–C) groups is 1. The van der Waals surface area contributed by atoms with E-state index in [9.17, 15) is 28.8 Å². The number of aromatic amines is 1. The number of aromatic hydroxyl groups is 1. The summed E-state index contributed by atoms with van der Waals surface area (Å²) in [7, 11) is 0.905. The maximum absolute atomic E-state index is 15.5. The van der Waals surface area contributed by atoms with E-state index in [1.807, 2.05) is 54.6 Å². The van der Waals surface area contributed by atoms with Gasteiger partial charge in [-0.1, -0.05) is 104 Å². The first-order valence-electron chi connectivity index (χ1n) is 38.0. The Morgan fingerprint density at radius 3 is 2.07 bits per heavy atom. The van der Waals surface area contributed by atoms with Crippen LogP contribution in [0.3, 0.4) is 0 Å². The Labute approximate surface area is 624 Å². The number of Topliss-reactive ketones (excluding diaryl/α,β-unsaturated/α-hetero) is 5. The fraction of sp³-hybridized carbons (Fsp3) is 0.494. The minimum atomic E-state index is -1.49. The average Bonchev–Trinajstić information content (AvgIpc) is 1.48. The summed E-state index contributed by atoms with van der Waals surface area (Å²) in [6, 6.07) is 28.6. The molecule has 1 unspecified atom stereocenters. The van der Waals surface area contributed by atoms with Gasteiger partial charge in [-0.05, 0) is 178 Å². The van der Waals surface area contributed by atoms with E-state index in [2.05, 4.69) is 72.5 Å². The lowest BCUT2D eigenvalue weighted by Crippen LogP contribution is -2.51. The first-order valence-corrected chi connectivity index (χ1v) is 39.5. The van der Waals surface area contributed by atoms with Gasteiger partial charge < -0.3 is 58.6 Å². The molecule has 2 aliphatic heterocycles. The lowest BCUT2D eigenvalue weighted by Gasteiger charge is -2.46. The van der Waals surface area contributed by atoms with E-state index in [0.717, 1.165) is 36.7 Å². The van der Waals surface area contributed by atoms with Crippen molar-refractivity contribution in [3.63, 3.8) is 0 Å². The van der Waals surface area contributed by atoms with Crippen molar-refractivity contribution in [1.82, 2.24) is 36.1 Å². The van der Waals surface area contributed by atoms with Gasteiger partial charge in [0.15, 0.2) is 29.1 Å². The second kappa shape index (κ2) is 39.1. The molecular formula is C83H107N11O11S. The minimum Gasteiger partial charge on any atom is -0.508 e. The number of hydrogen-bond donors (Lipinski definition) is 10. The SMILES string of the molecule is C[C@@H](O)[C@@H]1NC(=O)[C@H](CCCCN)CC(=O)[C@@H](Cc2c[nH]c3ccccc23)NC(=O)[C@H](Cc2ccncc2)CC(=O)[C@H](Cc2ccccc2)NC(=O)[C@H](CCCN=C(N)N)CC(=O)[C@H](NCCS(=O)C[C@@H]2C[C@@H]3c4cccc5c4C(=CC5)C[C@H]3N(C)C2)CCCCCC(=O)[C@H](Cc2ccc(O)cc2)CC1=O. The molecule has 4 heterocycles. The number of aliphatic hydroxyl groups excluding tert-OH is 1. The number of piperidine rings is 1. The van der Waals surface area contributed by atoms with Gasteiger partial charge in [0, 0.05) is 146 Å². The zero-order valence-corrected chi connectivity index (χ0v) is 62.1. The van der Waals surface area contributed by atoms with Crippen molar-refractivity contribution >= 4 is 79.9 Å². The van der Waals surface area contributed by atoms with Crippen LogP contribution in [0.2, 0.25) is 0 Å². The quantitative estimate of drug-likeness (QED) is 0.0168. The second-order valence-corrected chi connectivity index (χ2v) is 31.5. The lowest BCUT2D eigenvalue weighted by molar-refractivity contribution is -0.136. The molecule has 10 rings (SSSR count). The average molecular weight is 1470 g/mol. The predicted octanol–water partition coefficient (Wildman–Crippen LogP) is 7.55. The van der Waals surface area contributed by atoms with E-state index >= 15 is 24.0 Å². The summed E-state index contributed by atoms with van der Waals surface area (Å²) in [4.78, 5) is 135. The van der Waals surface area contributed by atoms with Gasteiger partial charge in [-0.15, -0.1) is 0 Å². The number of phenols is 1. The first-order chi connectivity index (χ1) is 51.2. The third kappa shape index (κ3) is 22.4. The smallest absolute Gasteiger partial charge is 0.224 e. The largest absolute Gasteiger partial charge is 0.508 e. The van der Waals surface area contributed by atoms with E-state index in [0.29, 0.717) is 91.5 Å². The topological polar surface area (TPSA) is 365 Å². The van der Waals surface area contributed by atoms with Gasteiger partial charge in [-0.2, -0.15) is 0 Å². The molecule has 0 radical (unpaired) electrons. The molecule has 106 heavy (non-hydrogen) atoms. The Hall–Kier alpha value is -8.87. The zero-order valence-electron chi connectivity index (χ0n) is 61.3. The summed E-state index contributed by atoms with van der Waals surface area (Å²) < 4.78 is 14.3. The number of unbranched alkanes of at least 4 members (excludes halogenated alkanes) is 1. The van der Waals surface area contributed by atoms with Crippen LogP contribution >= 0.6 is 0 Å². The minimum absolute atomic E-state index is 0.0108. The molecule has 2 saturated heterocycles.